The van der Waals surface area contributed by atoms with E-state index >= 15 is 0 Å². The van der Waals surface area contributed by atoms with Crippen LogP contribution in [0.2, 0.25) is 0 Å². The van der Waals surface area contributed by atoms with Crippen molar-refractivity contribution in [2.45, 2.75) is 122 Å². The zero-order chi connectivity index (χ0) is 25.1. The monoisotopic (exact) mass is 480 g/mol. The van der Waals surface area contributed by atoms with Crippen LogP contribution in [-0.2, 0) is 19.0 Å². The molecular weight excluding hydrogens is 436 g/mol. The maximum Gasteiger partial charge on any atom is 0.186 e. The Morgan fingerprint density at radius 2 is 1.48 bits per heavy atom. The summed E-state index contributed by atoms with van der Waals surface area (Å²) in [6.45, 7) is 7.29. The minimum absolute atomic E-state index is 0.0101. The SMILES string of the molecule is CC[C@@H](C)[C@H](CC(O)CC=O)OC(O)C[C@@H](O)C[C@H](O[C@@H]1O[C@@H](CO)[C@H](O)[C@H]1O)[C@H](C)CC. The average Bonchev–Trinajstić information content (AvgIpc) is 3.04. The molecule has 0 aromatic rings. The van der Waals surface area contributed by atoms with Crippen LogP contribution in [0, 0.1) is 11.8 Å². The van der Waals surface area contributed by atoms with E-state index in [0.717, 1.165) is 12.8 Å². The second-order valence-corrected chi connectivity index (χ2v) is 9.20. The predicted octanol–water partition coefficient (Wildman–Crippen LogP) is 0.0875. The molecule has 1 fully saturated rings. The van der Waals surface area contributed by atoms with Gasteiger partial charge in [-0.25, -0.2) is 0 Å². The van der Waals surface area contributed by atoms with Crippen LogP contribution >= 0.6 is 0 Å². The van der Waals surface area contributed by atoms with E-state index in [0.29, 0.717) is 6.29 Å². The van der Waals surface area contributed by atoms with Gasteiger partial charge in [0, 0.05) is 25.7 Å². The molecule has 0 aliphatic carbocycles. The molecule has 33 heavy (non-hydrogen) atoms. The van der Waals surface area contributed by atoms with E-state index in [9.17, 15) is 35.4 Å². The maximum atomic E-state index is 10.6. The molecule has 0 aromatic carbocycles. The quantitative estimate of drug-likeness (QED) is 0.124. The third-order valence-corrected chi connectivity index (χ3v) is 6.55. The first-order chi connectivity index (χ1) is 15.6. The van der Waals surface area contributed by atoms with Gasteiger partial charge in [0.25, 0.3) is 0 Å². The largest absolute Gasteiger partial charge is 0.394 e. The van der Waals surface area contributed by atoms with Gasteiger partial charge < -0.3 is 49.6 Å². The van der Waals surface area contributed by atoms with Crippen LogP contribution < -0.4 is 0 Å². The second-order valence-electron chi connectivity index (χ2n) is 9.20. The van der Waals surface area contributed by atoms with E-state index < -0.39 is 61.9 Å². The van der Waals surface area contributed by atoms with Crippen LogP contribution in [0.1, 0.15) is 66.2 Å². The smallest absolute Gasteiger partial charge is 0.186 e. The Morgan fingerprint density at radius 3 is 2.00 bits per heavy atom. The highest BCUT2D eigenvalue weighted by Gasteiger charge is 2.44. The number of aliphatic hydroxyl groups is 6. The maximum absolute atomic E-state index is 10.6. The number of hydrogen-bond donors (Lipinski definition) is 6. The lowest BCUT2D eigenvalue weighted by molar-refractivity contribution is -0.211. The second kappa shape index (κ2) is 15.3. The molecule has 1 aliphatic rings. The third-order valence-electron chi connectivity index (χ3n) is 6.55. The summed E-state index contributed by atoms with van der Waals surface area (Å²) >= 11 is 0. The van der Waals surface area contributed by atoms with Crippen molar-refractivity contribution in [1.82, 2.24) is 0 Å². The van der Waals surface area contributed by atoms with Crippen LogP contribution in [0.15, 0.2) is 0 Å². The Labute approximate surface area is 196 Å². The molecule has 196 valence electrons. The molecule has 1 saturated heterocycles. The number of rotatable bonds is 17. The van der Waals surface area contributed by atoms with Crippen molar-refractivity contribution in [3.8, 4) is 0 Å². The standard InChI is InChI=1S/C23H44O10/c1-5-13(3)17(9-15(26)7-8-24)31-20(28)11-16(27)10-18(14(4)6-2)32-23-22(30)21(29)19(12-25)33-23/h8,13-23,25-30H,5-7,9-12H2,1-4H3/t13-,14-,15?,16+,17+,18+,19+,20?,21+,22-,23-/m1/s1. The zero-order valence-electron chi connectivity index (χ0n) is 20.2. The first-order valence-electron chi connectivity index (χ1n) is 12.0. The fraction of sp³-hybridized carbons (Fsp3) is 0.957. The Bertz CT molecular complexity index is 535. The molecule has 1 heterocycles. The summed E-state index contributed by atoms with van der Waals surface area (Å²) in [7, 11) is 0. The van der Waals surface area contributed by atoms with Crippen LogP contribution in [0.3, 0.4) is 0 Å². The van der Waals surface area contributed by atoms with Gasteiger partial charge in [0.15, 0.2) is 12.6 Å². The Hall–Kier alpha value is -0.690. The van der Waals surface area contributed by atoms with E-state index in [2.05, 4.69) is 0 Å². The van der Waals surface area contributed by atoms with Gasteiger partial charge in [0.1, 0.15) is 24.6 Å². The molecule has 11 atom stereocenters. The van der Waals surface area contributed by atoms with Crippen molar-refractivity contribution in [2.75, 3.05) is 6.61 Å². The van der Waals surface area contributed by atoms with Crippen LogP contribution in [0.5, 0.6) is 0 Å². The first kappa shape index (κ1) is 30.3. The Kier molecular flexibility index (Phi) is 14.1. The molecule has 10 nitrogen and oxygen atoms in total. The zero-order valence-corrected chi connectivity index (χ0v) is 20.2. The van der Waals surface area contributed by atoms with E-state index in [1.54, 1.807) is 0 Å². The number of hydrogen-bond acceptors (Lipinski definition) is 10. The highest BCUT2D eigenvalue weighted by Crippen LogP contribution is 2.28. The fourth-order valence-corrected chi connectivity index (χ4v) is 3.85. The topological polar surface area (TPSA) is 166 Å². The van der Waals surface area contributed by atoms with E-state index in [-0.39, 0.29) is 37.5 Å². The molecular formula is C23H44O10. The molecule has 0 saturated carbocycles. The van der Waals surface area contributed by atoms with Crippen molar-refractivity contribution < 1.29 is 49.6 Å². The molecule has 0 amide bonds. The van der Waals surface area contributed by atoms with Crippen molar-refractivity contribution in [1.29, 1.82) is 0 Å². The summed E-state index contributed by atoms with van der Waals surface area (Å²) in [6.07, 6.45) is -6.51. The van der Waals surface area contributed by atoms with Crippen molar-refractivity contribution in [3.05, 3.63) is 0 Å². The molecule has 1 aliphatic heterocycles. The molecule has 6 N–H and O–H groups in total. The molecule has 2 unspecified atom stereocenters. The lowest BCUT2D eigenvalue weighted by Gasteiger charge is -2.31. The number of carbonyl (C=O) groups is 1. The number of aldehydes is 1. The number of carbonyl (C=O) groups excluding carboxylic acids is 1. The summed E-state index contributed by atoms with van der Waals surface area (Å²) < 4.78 is 17.0. The molecule has 0 spiro atoms. The Balaban J connectivity index is 2.69. The van der Waals surface area contributed by atoms with Gasteiger partial charge in [-0.1, -0.05) is 40.5 Å². The predicted molar refractivity (Wildman–Crippen MR) is 119 cm³/mol. The third kappa shape index (κ3) is 9.83. The molecule has 0 bridgehead atoms. The average molecular weight is 481 g/mol. The van der Waals surface area contributed by atoms with Crippen molar-refractivity contribution in [2.24, 2.45) is 11.8 Å². The summed E-state index contributed by atoms with van der Waals surface area (Å²) in [5.41, 5.74) is 0. The van der Waals surface area contributed by atoms with Gasteiger partial charge in [-0.2, -0.15) is 0 Å². The summed E-state index contributed by atoms with van der Waals surface area (Å²) in [6, 6.07) is 0. The molecule has 1 rings (SSSR count). The highest BCUT2D eigenvalue weighted by atomic mass is 16.7. The van der Waals surface area contributed by atoms with E-state index in [1.165, 1.54) is 0 Å². The fourth-order valence-electron chi connectivity index (χ4n) is 3.85. The van der Waals surface area contributed by atoms with Gasteiger partial charge in [0.2, 0.25) is 0 Å². The van der Waals surface area contributed by atoms with Crippen molar-refractivity contribution in [3.63, 3.8) is 0 Å². The number of aliphatic hydroxyl groups excluding tert-OH is 6. The van der Waals surface area contributed by atoms with Crippen LogP contribution in [-0.4, -0.2) is 98.8 Å². The minimum Gasteiger partial charge on any atom is -0.394 e. The normalized spacial score (nSPS) is 29.8. The summed E-state index contributed by atoms with van der Waals surface area (Å²) in [4.78, 5) is 10.6. The van der Waals surface area contributed by atoms with Crippen LogP contribution in [0.4, 0.5) is 0 Å². The first-order valence-corrected chi connectivity index (χ1v) is 12.0. The highest BCUT2D eigenvalue weighted by molar-refractivity contribution is 5.49. The molecule has 0 aromatic heterocycles. The Morgan fingerprint density at radius 1 is 0.909 bits per heavy atom. The lowest BCUT2D eigenvalue weighted by Crippen LogP contribution is -2.39. The van der Waals surface area contributed by atoms with Gasteiger partial charge >= 0.3 is 0 Å². The van der Waals surface area contributed by atoms with Gasteiger partial charge in [-0.3, -0.25) is 0 Å². The lowest BCUT2D eigenvalue weighted by atomic mass is 9.94. The summed E-state index contributed by atoms with van der Waals surface area (Å²) in [5, 5.41) is 60.3. The molecule has 10 heteroatoms. The van der Waals surface area contributed by atoms with Gasteiger partial charge in [0.05, 0.1) is 31.0 Å². The van der Waals surface area contributed by atoms with Crippen LogP contribution in [0.25, 0.3) is 0 Å². The van der Waals surface area contributed by atoms with Gasteiger partial charge in [-0.15, -0.1) is 0 Å². The van der Waals surface area contributed by atoms with E-state index in [4.69, 9.17) is 14.2 Å². The molecule has 0 radical (unpaired) electrons. The summed E-state index contributed by atoms with van der Waals surface area (Å²) in [5.74, 6) is 0.00590. The minimum atomic E-state index is -1.33. The van der Waals surface area contributed by atoms with Crippen molar-refractivity contribution >= 4 is 6.29 Å². The van der Waals surface area contributed by atoms with E-state index in [1.807, 2.05) is 27.7 Å². The number of ether oxygens (including phenoxy) is 3. The van der Waals surface area contributed by atoms with Gasteiger partial charge in [-0.05, 0) is 11.8 Å².